The molecule has 1 saturated heterocycles. The van der Waals surface area contributed by atoms with Crippen LogP contribution in [0.25, 0.3) is 5.76 Å². The summed E-state index contributed by atoms with van der Waals surface area (Å²) >= 11 is 5.96. The predicted octanol–water partition coefficient (Wildman–Crippen LogP) is 5.68. The second-order valence-electron chi connectivity index (χ2n) is 7.83. The van der Waals surface area contributed by atoms with Crippen LogP contribution in [0.2, 0.25) is 5.02 Å². The summed E-state index contributed by atoms with van der Waals surface area (Å²) in [6.45, 7) is 4.31. The molecule has 31 heavy (non-hydrogen) atoms. The SMILES string of the molecule is CC(C)c1ccc([C@H]2C(=C(O)c3ccc(Cl)cc3)C(=O)C(=O)N2Cc2ccco2)cc1. The molecule has 1 N–H and O–H groups in total. The smallest absolute Gasteiger partial charge is 0.296 e. The number of carbonyl (C=O) groups is 2. The molecule has 3 aromatic rings. The number of benzene rings is 2. The van der Waals surface area contributed by atoms with E-state index in [9.17, 15) is 14.7 Å². The van der Waals surface area contributed by atoms with Crippen molar-refractivity contribution in [2.45, 2.75) is 32.4 Å². The van der Waals surface area contributed by atoms with E-state index in [1.165, 1.54) is 11.2 Å². The van der Waals surface area contributed by atoms with Gasteiger partial charge in [-0.1, -0.05) is 49.7 Å². The van der Waals surface area contributed by atoms with Gasteiger partial charge >= 0.3 is 0 Å². The summed E-state index contributed by atoms with van der Waals surface area (Å²) in [5.74, 6) is -0.730. The molecule has 0 radical (unpaired) electrons. The summed E-state index contributed by atoms with van der Waals surface area (Å²) in [7, 11) is 0. The quantitative estimate of drug-likeness (QED) is 0.318. The van der Waals surface area contributed by atoms with Gasteiger partial charge in [-0.05, 0) is 53.4 Å². The summed E-state index contributed by atoms with van der Waals surface area (Å²) in [6, 6.07) is 17.0. The molecule has 4 rings (SSSR count). The largest absolute Gasteiger partial charge is 0.507 e. The van der Waals surface area contributed by atoms with E-state index in [1.54, 1.807) is 36.4 Å². The lowest BCUT2D eigenvalue weighted by molar-refractivity contribution is -0.140. The van der Waals surface area contributed by atoms with Crippen LogP contribution in [0.1, 0.15) is 48.3 Å². The van der Waals surface area contributed by atoms with Crippen molar-refractivity contribution in [2.24, 2.45) is 0 Å². The third-order valence-electron chi connectivity index (χ3n) is 5.48. The molecule has 5 nitrogen and oxygen atoms in total. The number of hydrogen-bond donors (Lipinski definition) is 1. The number of rotatable bonds is 5. The van der Waals surface area contributed by atoms with Crippen LogP contribution in [-0.4, -0.2) is 21.7 Å². The molecule has 1 aliphatic rings. The Morgan fingerprint density at radius 3 is 2.32 bits per heavy atom. The predicted molar refractivity (Wildman–Crippen MR) is 119 cm³/mol. The number of carbonyl (C=O) groups excluding carboxylic acids is 2. The fourth-order valence-electron chi connectivity index (χ4n) is 3.79. The molecule has 6 heteroatoms. The second kappa shape index (κ2) is 8.44. The third-order valence-corrected chi connectivity index (χ3v) is 5.73. The van der Waals surface area contributed by atoms with Gasteiger partial charge < -0.3 is 14.4 Å². The van der Waals surface area contributed by atoms with Crippen LogP contribution in [-0.2, 0) is 16.1 Å². The highest BCUT2D eigenvalue weighted by atomic mass is 35.5. The molecular weight excluding hydrogens is 414 g/mol. The van der Waals surface area contributed by atoms with Crippen molar-refractivity contribution in [3.8, 4) is 0 Å². The molecular formula is C25H22ClNO4. The van der Waals surface area contributed by atoms with Crippen molar-refractivity contribution >= 4 is 29.1 Å². The molecule has 1 aliphatic heterocycles. The number of likely N-dealkylation sites (tertiary alicyclic amines) is 1. The first-order chi connectivity index (χ1) is 14.9. The lowest BCUT2D eigenvalue weighted by Crippen LogP contribution is -2.29. The van der Waals surface area contributed by atoms with Crippen LogP contribution < -0.4 is 0 Å². The number of amides is 1. The van der Waals surface area contributed by atoms with E-state index in [1.807, 2.05) is 24.3 Å². The van der Waals surface area contributed by atoms with Gasteiger partial charge in [-0.15, -0.1) is 0 Å². The van der Waals surface area contributed by atoms with Gasteiger partial charge in [0.25, 0.3) is 11.7 Å². The maximum atomic E-state index is 13.0. The minimum absolute atomic E-state index is 0.0520. The van der Waals surface area contributed by atoms with Crippen LogP contribution in [0.3, 0.4) is 0 Å². The molecule has 1 fully saturated rings. The maximum Gasteiger partial charge on any atom is 0.296 e. The molecule has 0 bridgehead atoms. The van der Waals surface area contributed by atoms with Gasteiger partial charge in [0.2, 0.25) is 0 Å². The second-order valence-corrected chi connectivity index (χ2v) is 8.27. The first-order valence-electron chi connectivity index (χ1n) is 10.0. The molecule has 2 heterocycles. The van der Waals surface area contributed by atoms with Crippen LogP contribution in [0.4, 0.5) is 0 Å². The van der Waals surface area contributed by atoms with Crippen molar-refractivity contribution in [3.63, 3.8) is 0 Å². The highest BCUT2D eigenvalue weighted by Gasteiger charge is 2.46. The van der Waals surface area contributed by atoms with E-state index < -0.39 is 17.7 Å². The van der Waals surface area contributed by atoms with Crippen LogP contribution in [0.5, 0.6) is 0 Å². The van der Waals surface area contributed by atoms with Gasteiger partial charge in [0, 0.05) is 10.6 Å². The normalized spacial score (nSPS) is 18.2. The van der Waals surface area contributed by atoms with Crippen LogP contribution in [0.15, 0.2) is 76.9 Å². The average Bonchev–Trinajstić information content (AvgIpc) is 3.36. The van der Waals surface area contributed by atoms with Crippen LogP contribution in [0, 0.1) is 0 Å². The fraction of sp³-hybridized carbons (Fsp3) is 0.200. The molecule has 0 aliphatic carbocycles. The minimum Gasteiger partial charge on any atom is -0.507 e. The van der Waals surface area contributed by atoms with Gasteiger partial charge in [0.1, 0.15) is 11.5 Å². The van der Waals surface area contributed by atoms with E-state index in [4.69, 9.17) is 16.0 Å². The van der Waals surface area contributed by atoms with Gasteiger partial charge in [-0.25, -0.2) is 0 Å². The van der Waals surface area contributed by atoms with Crippen molar-refractivity contribution in [2.75, 3.05) is 0 Å². The van der Waals surface area contributed by atoms with Crippen molar-refractivity contribution in [1.82, 2.24) is 4.90 Å². The Morgan fingerprint density at radius 1 is 1.06 bits per heavy atom. The van der Waals surface area contributed by atoms with E-state index in [2.05, 4.69) is 13.8 Å². The number of aliphatic hydroxyl groups is 1. The number of furan rings is 1. The molecule has 0 saturated carbocycles. The third kappa shape index (κ3) is 4.01. The molecule has 158 valence electrons. The zero-order valence-corrected chi connectivity index (χ0v) is 18.0. The fourth-order valence-corrected chi connectivity index (χ4v) is 3.91. The minimum atomic E-state index is -0.734. The first kappa shape index (κ1) is 20.9. The Hall–Kier alpha value is -3.31. The molecule has 0 unspecified atom stereocenters. The summed E-state index contributed by atoms with van der Waals surface area (Å²) < 4.78 is 5.41. The summed E-state index contributed by atoms with van der Waals surface area (Å²) in [5, 5.41) is 11.5. The zero-order valence-electron chi connectivity index (χ0n) is 17.2. The Labute approximate surface area is 185 Å². The van der Waals surface area contributed by atoms with E-state index in [0.717, 1.165) is 11.1 Å². The number of halogens is 1. The molecule has 1 amide bonds. The lowest BCUT2D eigenvalue weighted by Gasteiger charge is -2.25. The number of hydrogen-bond acceptors (Lipinski definition) is 4. The lowest BCUT2D eigenvalue weighted by atomic mass is 9.93. The average molecular weight is 436 g/mol. The van der Waals surface area contributed by atoms with E-state index >= 15 is 0 Å². The first-order valence-corrected chi connectivity index (χ1v) is 10.4. The van der Waals surface area contributed by atoms with Crippen molar-refractivity contribution in [1.29, 1.82) is 0 Å². The van der Waals surface area contributed by atoms with Gasteiger partial charge in [-0.3, -0.25) is 9.59 Å². The number of Topliss-reactive ketones (excluding diaryl/α,β-unsaturated/α-hetero) is 1. The van der Waals surface area contributed by atoms with Crippen molar-refractivity contribution < 1.29 is 19.1 Å². The molecule has 1 atom stereocenters. The van der Waals surface area contributed by atoms with Gasteiger partial charge in [0.05, 0.1) is 24.4 Å². The van der Waals surface area contributed by atoms with E-state index in [0.29, 0.717) is 22.3 Å². The summed E-state index contributed by atoms with van der Waals surface area (Å²) in [6.07, 6.45) is 1.52. The summed E-state index contributed by atoms with van der Waals surface area (Å²) in [4.78, 5) is 27.4. The number of ketones is 1. The van der Waals surface area contributed by atoms with Gasteiger partial charge in [0.15, 0.2) is 0 Å². The molecule has 0 spiro atoms. The highest BCUT2D eigenvalue weighted by molar-refractivity contribution is 6.46. The van der Waals surface area contributed by atoms with E-state index in [-0.39, 0.29) is 17.9 Å². The molecule has 2 aromatic carbocycles. The topological polar surface area (TPSA) is 70.8 Å². The summed E-state index contributed by atoms with van der Waals surface area (Å²) in [5.41, 5.74) is 2.36. The van der Waals surface area contributed by atoms with Gasteiger partial charge in [-0.2, -0.15) is 0 Å². The Morgan fingerprint density at radius 2 is 1.74 bits per heavy atom. The Kier molecular flexibility index (Phi) is 5.70. The Bertz CT molecular complexity index is 1130. The number of aliphatic hydroxyl groups excluding tert-OH is 1. The number of nitrogens with zero attached hydrogens (tertiary/aromatic N) is 1. The molecule has 1 aromatic heterocycles. The Balaban J connectivity index is 1.84. The standard InChI is InChI=1S/C25H22ClNO4/c1-15(2)16-5-7-17(8-6-16)22-21(23(28)18-9-11-19(26)12-10-18)24(29)25(30)27(22)14-20-4-3-13-31-20/h3-13,15,22,28H,14H2,1-2H3/t22-/m0/s1. The maximum absolute atomic E-state index is 13.0. The van der Waals surface area contributed by atoms with Crippen LogP contribution >= 0.6 is 11.6 Å². The van der Waals surface area contributed by atoms with Crippen molar-refractivity contribution in [3.05, 3.63) is 100.0 Å². The zero-order chi connectivity index (χ0) is 22.1. The highest BCUT2D eigenvalue weighted by Crippen LogP contribution is 2.40. The monoisotopic (exact) mass is 435 g/mol.